The molecule has 3 atom stereocenters. The molecule has 35 heavy (non-hydrogen) atoms. The topological polar surface area (TPSA) is 85.6 Å². The van der Waals surface area contributed by atoms with Gasteiger partial charge in [-0.15, -0.1) is 0 Å². The molecule has 6 nitrogen and oxygen atoms in total. The molecule has 0 heterocycles. The molecule has 0 spiro atoms. The Morgan fingerprint density at radius 2 is 1.63 bits per heavy atom. The molecule has 0 aliphatic heterocycles. The lowest BCUT2D eigenvalue weighted by atomic mass is 9.92. The van der Waals surface area contributed by atoms with Crippen molar-refractivity contribution in [1.82, 2.24) is 0 Å². The minimum Gasteiger partial charge on any atom is -0.425 e. The van der Waals surface area contributed by atoms with E-state index in [-0.39, 0.29) is 0 Å². The smallest absolute Gasteiger partial charge is 0.343 e. The fraction of sp³-hybridized carbons (Fsp3) is 0.483. The van der Waals surface area contributed by atoms with Crippen molar-refractivity contribution < 1.29 is 23.8 Å². The van der Waals surface area contributed by atoms with Gasteiger partial charge >= 0.3 is 11.9 Å². The van der Waals surface area contributed by atoms with Crippen LogP contribution >= 0.6 is 0 Å². The van der Waals surface area contributed by atoms with E-state index in [1.54, 1.807) is 43.3 Å². The summed E-state index contributed by atoms with van der Waals surface area (Å²) >= 11 is 0. The van der Waals surface area contributed by atoms with Gasteiger partial charge in [0.05, 0.1) is 17.0 Å². The van der Waals surface area contributed by atoms with E-state index in [0.717, 1.165) is 31.2 Å². The van der Waals surface area contributed by atoms with Gasteiger partial charge in [0.1, 0.15) is 11.5 Å². The molecule has 1 aliphatic carbocycles. The molecular formula is C29H35NO5. The largest absolute Gasteiger partial charge is 0.425 e. The number of nitrogens with zero attached hydrogens (tertiary/aromatic N) is 1. The zero-order valence-electron chi connectivity index (χ0n) is 20.9. The first-order valence-electron chi connectivity index (χ1n) is 12.6. The van der Waals surface area contributed by atoms with E-state index in [9.17, 15) is 14.9 Å². The van der Waals surface area contributed by atoms with E-state index in [1.165, 1.54) is 19.3 Å². The van der Waals surface area contributed by atoms with Crippen molar-refractivity contribution in [2.45, 2.75) is 77.2 Å². The number of unbranched alkanes of at least 4 members (excludes halogenated alkanes) is 3. The second-order valence-corrected chi connectivity index (χ2v) is 9.21. The van der Waals surface area contributed by atoms with Gasteiger partial charge in [-0.2, -0.15) is 5.26 Å². The summed E-state index contributed by atoms with van der Waals surface area (Å²) in [6, 6.07) is 16.0. The summed E-state index contributed by atoms with van der Waals surface area (Å²) in [5.74, 6) is 0.132. The average molecular weight is 478 g/mol. The van der Waals surface area contributed by atoms with Crippen LogP contribution in [0.15, 0.2) is 48.5 Å². The lowest BCUT2D eigenvalue weighted by Crippen LogP contribution is -2.26. The maximum atomic E-state index is 12.6. The summed E-state index contributed by atoms with van der Waals surface area (Å²) in [5.41, 5.74) is 0.973. The maximum Gasteiger partial charge on any atom is 0.343 e. The lowest BCUT2D eigenvalue weighted by molar-refractivity contribution is -0.146. The molecule has 1 saturated carbocycles. The number of nitriles is 1. The van der Waals surface area contributed by atoms with Gasteiger partial charge in [0.2, 0.25) is 0 Å². The van der Waals surface area contributed by atoms with Crippen molar-refractivity contribution in [1.29, 1.82) is 5.26 Å². The minimum atomic E-state index is -0.650. The zero-order chi connectivity index (χ0) is 25.3. The average Bonchev–Trinajstić information content (AvgIpc) is 3.60. The number of hydrogen-bond acceptors (Lipinski definition) is 6. The number of rotatable bonds is 13. The molecule has 0 bridgehead atoms. The maximum absolute atomic E-state index is 12.6. The van der Waals surface area contributed by atoms with Crippen molar-refractivity contribution in [3.63, 3.8) is 0 Å². The van der Waals surface area contributed by atoms with Crippen molar-refractivity contribution >= 4 is 11.9 Å². The molecule has 0 amide bonds. The van der Waals surface area contributed by atoms with Crippen LogP contribution in [-0.4, -0.2) is 24.6 Å². The molecule has 1 fully saturated rings. The second kappa shape index (κ2) is 12.5. The number of hydrogen-bond donors (Lipinski definition) is 0. The number of benzene rings is 2. The first-order chi connectivity index (χ1) is 16.9. The molecule has 186 valence electrons. The molecule has 0 N–H and O–H groups in total. The number of carbonyl (C=O) groups is 2. The Kier molecular flexibility index (Phi) is 9.45. The van der Waals surface area contributed by atoms with Gasteiger partial charge in [-0.3, -0.25) is 0 Å². The summed E-state index contributed by atoms with van der Waals surface area (Å²) in [6.07, 6.45) is 6.96. The Balaban J connectivity index is 1.53. The zero-order valence-corrected chi connectivity index (χ0v) is 20.9. The van der Waals surface area contributed by atoms with Crippen LogP contribution in [0, 0.1) is 17.2 Å². The van der Waals surface area contributed by atoms with Crippen molar-refractivity contribution in [2.24, 2.45) is 5.92 Å². The van der Waals surface area contributed by atoms with E-state index in [0.29, 0.717) is 29.6 Å². The quantitative estimate of drug-likeness (QED) is 0.189. The highest BCUT2D eigenvalue weighted by molar-refractivity contribution is 5.91. The lowest BCUT2D eigenvalue weighted by Gasteiger charge is -2.12. The normalized spacial score (nSPS) is 19.4. The van der Waals surface area contributed by atoms with Gasteiger partial charge in [-0.25, -0.2) is 9.59 Å². The third-order valence-electron chi connectivity index (χ3n) is 6.50. The summed E-state index contributed by atoms with van der Waals surface area (Å²) in [5, 5.41) is 9.82. The highest BCUT2D eigenvalue weighted by atomic mass is 16.6. The van der Waals surface area contributed by atoms with Gasteiger partial charge in [0.15, 0.2) is 6.10 Å². The van der Waals surface area contributed by atoms with Gasteiger partial charge in [0.25, 0.3) is 0 Å². The van der Waals surface area contributed by atoms with Crippen LogP contribution in [0.5, 0.6) is 11.5 Å². The van der Waals surface area contributed by atoms with E-state index in [4.69, 9.17) is 14.2 Å². The van der Waals surface area contributed by atoms with E-state index in [2.05, 4.69) is 13.0 Å². The Morgan fingerprint density at radius 3 is 2.23 bits per heavy atom. The molecular weight excluding hydrogens is 442 g/mol. The highest BCUT2D eigenvalue weighted by Crippen LogP contribution is 2.56. The summed E-state index contributed by atoms with van der Waals surface area (Å²) in [6.45, 7) is 6.30. The fourth-order valence-corrected chi connectivity index (χ4v) is 4.26. The second-order valence-electron chi connectivity index (χ2n) is 9.21. The Morgan fingerprint density at radius 1 is 0.971 bits per heavy atom. The fourth-order valence-electron chi connectivity index (χ4n) is 4.26. The first kappa shape index (κ1) is 26.4. The van der Waals surface area contributed by atoms with Gasteiger partial charge in [-0.1, -0.05) is 51.7 Å². The monoisotopic (exact) mass is 477 g/mol. The molecule has 2 aromatic rings. The predicted molar refractivity (Wildman–Crippen MR) is 133 cm³/mol. The molecule has 2 aromatic carbocycles. The van der Waals surface area contributed by atoms with Crippen molar-refractivity contribution in [3.05, 3.63) is 59.7 Å². The summed E-state index contributed by atoms with van der Waals surface area (Å²) in [7, 11) is 0. The van der Waals surface area contributed by atoms with Crippen LogP contribution in [0.1, 0.15) is 81.6 Å². The Hall–Kier alpha value is -3.17. The van der Waals surface area contributed by atoms with Crippen LogP contribution in [0.4, 0.5) is 0 Å². The summed E-state index contributed by atoms with van der Waals surface area (Å²) < 4.78 is 16.1. The van der Waals surface area contributed by atoms with E-state index >= 15 is 0 Å². The Bertz CT molecular complexity index is 1020. The van der Waals surface area contributed by atoms with Gasteiger partial charge in [-0.05, 0) is 74.1 Å². The highest BCUT2D eigenvalue weighted by Gasteiger charge is 2.55. The molecule has 6 heteroatoms. The third-order valence-corrected chi connectivity index (χ3v) is 6.50. The number of ether oxygens (including phenoxy) is 3. The molecule has 0 radical (unpaired) electrons. The van der Waals surface area contributed by atoms with Crippen LogP contribution in [0.2, 0.25) is 0 Å². The van der Waals surface area contributed by atoms with Crippen LogP contribution in [0.25, 0.3) is 0 Å². The van der Waals surface area contributed by atoms with Crippen LogP contribution in [-0.2, 0) is 14.9 Å². The predicted octanol–water partition coefficient (Wildman–Crippen LogP) is 6.38. The van der Waals surface area contributed by atoms with Gasteiger partial charge < -0.3 is 14.2 Å². The Labute approximate surface area is 208 Å². The van der Waals surface area contributed by atoms with E-state index in [1.807, 2.05) is 19.1 Å². The molecule has 0 aromatic heterocycles. The first-order valence-corrected chi connectivity index (χ1v) is 12.6. The number of esters is 2. The molecule has 1 aliphatic rings. The van der Waals surface area contributed by atoms with Crippen molar-refractivity contribution in [2.75, 3.05) is 6.61 Å². The number of carbonyl (C=O) groups excluding carboxylic acids is 2. The van der Waals surface area contributed by atoms with E-state index < -0.39 is 23.5 Å². The minimum absolute atomic E-state index is 0.344. The molecule has 0 saturated heterocycles. The molecule has 0 unspecified atom stereocenters. The standard InChI is InChI=1S/C29H35NO5/c1-4-6-7-8-9-24-19-29(24,20-30)23-12-10-22(11-13-23)28(32)35-26-16-14-25(15-17-26)34-27(31)21(3)33-18-5-2/h10-17,21,24H,4-9,18-19H2,1-3H3/t21-,24-,29-/m0/s1. The molecule has 3 rings (SSSR count). The SMILES string of the molecule is CCCCCC[C@H]1C[C@]1(C#N)c1ccc(C(=O)Oc2ccc(OC(=O)[C@H](C)OCCC)cc2)cc1. The summed E-state index contributed by atoms with van der Waals surface area (Å²) in [4.78, 5) is 24.6. The third kappa shape index (κ3) is 6.93. The van der Waals surface area contributed by atoms with Crippen molar-refractivity contribution in [3.8, 4) is 17.6 Å². The van der Waals surface area contributed by atoms with Gasteiger partial charge in [0, 0.05) is 6.61 Å². The van der Waals surface area contributed by atoms with Crippen LogP contribution < -0.4 is 9.47 Å². The van der Waals surface area contributed by atoms with Crippen LogP contribution in [0.3, 0.4) is 0 Å².